The molecule has 0 N–H and O–H groups in total. The topological polar surface area (TPSA) is 0 Å². The third-order valence-corrected chi connectivity index (χ3v) is 5.73. The van der Waals surface area contributed by atoms with Crippen LogP contribution in [0.15, 0.2) is 97.1 Å². The maximum atomic E-state index is 2.41. The molecule has 0 heterocycles. The highest BCUT2D eigenvalue weighted by Crippen LogP contribution is 2.30. The largest absolute Gasteiger partial charge is 0.0622 e. The summed E-state index contributed by atoms with van der Waals surface area (Å²) in [7, 11) is 0. The first-order valence-electron chi connectivity index (χ1n) is 10.6. The van der Waals surface area contributed by atoms with Gasteiger partial charge in [-0.05, 0) is 63.8 Å². The van der Waals surface area contributed by atoms with E-state index in [1.54, 1.807) is 0 Å². The summed E-state index contributed by atoms with van der Waals surface area (Å²) in [6.07, 6.45) is 3.15. The Kier molecular flexibility index (Phi) is 5.91. The maximum Gasteiger partial charge on any atom is -0.00227 e. The van der Waals surface area contributed by atoms with Crippen molar-refractivity contribution < 1.29 is 0 Å². The molecule has 0 amide bonds. The van der Waals surface area contributed by atoms with Crippen LogP contribution in [0, 0.1) is 0 Å². The molecular weight excluding hydrogens is 348 g/mol. The van der Waals surface area contributed by atoms with Gasteiger partial charge in [0.15, 0.2) is 0 Å². The molecule has 0 atom stereocenters. The third-order valence-electron chi connectivity index (χ3n) is 5.73. The van der Waals surface area contributed by atoms with E-state index in [1.165, 1.54) is 44.5 Å². The third kappa shape index (κ3) is 4.32. The van der Waals surface area contributed by atoms with Crippen molar-refractivity contribution in [2.45, 2.75) is 33.1 Å². The second-order valence-electron chi connectivity index (χ2n) is 7.59. The molecule has 0 radical (unpaired) electrons. The fraction of sp³-hybridized carbons (Fsp3) is 0.172. The average molecular weight is 377 g/mol. The Hall–Kier alpha value is -3.12. The molecule has 0 unspecified atom stereocenters. The highest BCUT2D eigenvalue weighted by Gasteiger charge is 2.11. The van der Waals surface area contributed by atoms with Gasteiger partial charge in [-0.2, -0.15) is 0 Å². The fourth-order valence-corrected chi connectivity index (χ4v) is 4.19. The van der Waals surface area contributed by atoms with Gasteiger partial charge >= 0.3 is 0 Å². The van der Waals surface area contributed by atoms with Crippen LogP contribution >= 0.6 is 0 Å². The van der Waals surface area contributed by atoms with Crippen LogP contribution in [0.4, 0.5) is 0 Å². The summed E-state index contributed by atoms with van der Waals surface area (Å²) in [5, 5.41) is 0. The zero-order chi connectivity index (χ0) is 20.1. The molecule has 0 saturated carbocycles. The monoisotopic (exact) mass is 376 g/mol. The summed E-state index contributed by atoms with van der Waals surface area (Å²) in [4.78, 5) is 0. The molecule has 4 aromatic rings. The van der Waals surface area contributed by atoms with Gasteiger partial charge in [-0.15, -0.1) is 0 Å². The van der Waals surface area contributed by atoms with Crippen LogP contribution in [0.1, 0.15) is 36.1 Å². The van der Waals surface area contributed by atoms with E-state index in [2.05, 4.69) is 111 Å². The SMILES string of the molecule is CCc1cc(-c2ccc(-c3ccccc3)cc2)cc(Cc2ccccc2)c1CC. The molecule has 144 valence electrons. The molecule has 4 aromatic carbocycles. The molecule has 0 bridgehead atoms. The predicted octanol–water partition coefficient (Wildman–Crippen LogP) is 7.74. The molecule has 0 aromatic heterocycles. The van der Waals surface area contributed by atoms with E-state index in [0.717, 1.165) is 19.3 Å². The van der Waals surface area contributed by atoms with E-state index in [4.69, 9.17) is 0 Å². The summed E-state index contributed by atoms with van der Waals surface area (Å²) >= 11 is 0. The van der Waals surface area contributed by atoms with Crippen molar-refractivity contribution in [2.24, 2.45) is 0 Å². The van der Waals surface area contributed by atoms with E-state index in [9.17, 15) is 0 Å². The standard InChI is InChI=1S/C29H28/c1-3-23-20-27(21-28(29(23)4-2)19-22-11-7-5-8-12-22)26-17-15-25(16-18-26)24-13-9-6-10-14-24/h5-18,20-21H,3-4,19H2,1-2H3. The molecule has 29 heavy (non-hydrogen) atoms. The fourth-order valence-electron chi connectivity index (χ4n) is 4.19. The van der Waals surface area contributed by atoms with Gasteiger partial charge in [-0.25, -0.2) is 0 Å². The van der Waals surface area contributed by atoms with E-state index in [1.807, 2.05) is 0 Å². The Labute approximate surface area is 174 Å². The molecular formula is C29H28. The molecule has 4 rings (SSSR count). The van der Waals surface area contributed by atoms with Crippen molar-refractivity contribution in [1.82, 2.24) is 0 Å². The second kappa shape index (κ2) is 8.92. The summed E-state index contributed by atoms with van der Waals surface area (Å²) < 4.78 is 0. The van der Waals surface area contributed by atoms with Gasteiger partial charge in [0.05, 0.1) is 0 Å². The molecule has 0 spiro atoms. The van der Waals surface area contributed by atoms with Crippen LogP contribution in [0.3, 0.4) is 0 Å². The first-order valence-corrected chi connectivity index (χ1v) is 10.6. The van der Waals surface area contributed by atoms with E-state index in [0.29, 0.717) is 0 Å². The highest BCUT2D eigenvalue weighted by atomic mass is 14.2. The zero-order valence-electron chi connectivity index (χ0n) is 17.4. The van der Waals surface area contributed by atoms with E-state index >= 15 is 0 Å². The van der Waals surface area contributed by atoms with Crippen LogP contribution in [0.2, 0.25) is 0 Å². The molecule has 0 heteroatoms. The van der Waals surface area contributed by atoms with Crippen molar-refractivity contribution in [3.63, 3.8) is 0 Å². The molecule has 0 nitrogen and oxygen atoms in total. The number of hydrogen-bond acceptors (Lipinski definition) is 0. The zero-order valence-corrected chi connectivity index (χ0v) is 17.4. The number of benzene rings is 4. The first kappa shape index (κ1) is 19.2. The normalized spacial score (nSPS) is 10.8. The Morgan fingerprint density at radius 3 is 1.59 bits per heavy atom. The first-order chi connectivity index (χ1) is 14.3. The lowest BCUT2D eigenvalue weighted by atomic mass is 9.88. The number of aryl methyl sites for hydroxylation is 1. The number of hydrogen-bond donors (Lipinski definition) is 0. The molecule has 0 aliphatic carbocycles. The minimum absolute atomic E-state index is 0.993. The van der Waals surface area contributed by atoms with E-state index in [-0.39, 0.29) is 0 Å². The lowest BCUT2D eigenvalue weighted by Crippen LogP contribution is -2.01. The van der Waals surface area contributed by atoms with Gasteiger partial charge in [0, 0.05) is 0 Å². The summed E-state index contributed by atoms with van der Waals surface area (Å²) in [6.45, 7) is 4.54. The second-order valence-corrected chi connectivity index (χ2v) is 7.59. The molecule has 0 aliphatic rings. The summed E-state index contributed by atoms with van der Waals surface area (Å²) in [6, 6.07) is 35.2. The van der Waals surface area contributed by atoms with Crippen molar-refractivity contribution in [2.75, 3.05) is 0 Å². The Bertz CT molecular complexity index is 1060. The van der Waals surface area contributed by atoms with Crippen LogP contribution in [0.5, 0.6) is 0 Å². The lowest BCUT2D eigenvalue weighted by molar-refractivity contribution is 0.995. The summed E-state index contributed by atoms with van der Waals surface area (Å²) in [5.74, 6) is 0. The Morgan fingerprint density at radius 1 is 0.483 bits per heavy atom. The van der Waals surface area contributed by atoms with Crippen LogP contribution in [0.25, 0.3) is 22.3 Å². The summed E-state index contributed by atoms with van der Waals surface area (Å²) in [5.41, 5.74) is 11.0. The Balaban J connectivity index is 1.72. The maximum absolute atomic E-state index is 2.41. The Morgan fingerprint density at radius 2 is 1.00 bits per heavy atom. The smallest absolute Gasteiger partial charge is 0.00227 e. The van der Waals surface area contributed by atoms with Crippen molar-refractivity contribution in [3.8, 4) is 22.3 Å². The van der Waals surface area contributed by atoms with Crippen molar-refractivity contribution in [1.29, 1.82) is 0 Å². The number of rotatable bonds is 6. The highest BCUT2D eigenvalue weighted by molar-refractivity contribution is 5.72. The molecule has 0 aliphatic heterocycles. The van der Waals surface area contributed by atoms with Gasteiger partial charge in [0.25, 0.3) is 0 Å². The van der Waals surface area contributed by atoms with Crippen LogP contribution in [-0.2, 0) is 19.3 Å². The molecule has 0 saturated heterocycles. The van der Waals surface area contributed by atoms with Crippen LogP contribution in [-0.4, -0.2) is 0 Å². The van der Waals surface area contributed by atoms with Gasteiger partial charge in [0.1, 0.15) is 0 Å². The quantitative estimate of drug-likeness (QED) is 0.323. The van der Waals surface area contributed by atoms with Gasteiger partial charge in [-0.1, -0.05) is 111 Å². The average Bonchev–Trinajstić information content (AvgIpc) is 2.80. The lowest BCUT2D eigenvalue weighted by Gasteiger charge is -2.16. The van der Waals surface area contributed by atoms with Gasteiger partial charge < -0.3 is 0 Å². The van der Waals surface area contributed by atoms with Crippen LogP contribution < -0.4 is 0 Å². The van der Waals surface area contributed by atoms with Crippen molar-refractivity contribution in [3.05, 3.63) is 119 Å². The minimum atomic E-state index is 0.993. The molecule has 0 fully saturated rings. The van der Waals surface area contributed by atoms with Crippen molar-refractivity contribution >= 4 is 0 Å². The van der Waals surface area contributed by atoms with Gasteiger partial charge in [-0.3, -0.25) is 0 Å². The van der Waals surface area contributed by atoms with E-state index < -0.39 is 0 Å². The van der Waals surface area contributed by atoms with Gasteiger partial charge in [0.2, 0.25) is 0 Å². The predicted molar refractivity (Wildman–Crippen MR) is 125 cm³/mol. The minimum Gasteiger partial charge on any atom is -0.0622 e.